The summed E-state index contributed by atoms with van der Waals surface area (Å²) in [4.78, 5) is 1.05. The van der Waals surface area contributed by atoms with Gasteiger partial charge >= 0.3 is 0 Å². The summed E-state index contributed by atoms with van der Waals surface area (Å²) >= 11 is 1.60. The summed E-state index contributed by atoms with van der Waals surface area (Å²) in [6.45, 7) is 2.99. The van der Waals surface area contributed by atoms with E-state index in [1.807, 2.05) is 48.7 Å². The van der Waals surface area contributed by atoms with E-state index in [1.54, 1.807) is 16.0 Å². The molecule has 0 aliphatic rings. The van der Waals surface area contributed by atoms with E-state index in [0.29, 0.717) is 18.8 Å². The van der Waals surface area contributed by atoms with Crippen LogP contribution in [0.15, 0.2) is 41.8 Å². The molecule has 0 aliphatic heterocycles. The second-order valence-corrected chi connectivity index (χ2v) is 5.86. The van der Waals surface area contributed by atoms with E-state index in [0.717, 1.165) is 16.3 Å². The zero-order valence-electron chi connectivity index (χ0n) is 12.3. The van der Waals surface area contributed by atoms with Crippen molar-refractivity contribution in [2.45, 2.75) is 20.1 Å². The summed E-state index contributed by atoms with van der Waals surface area (Å²) in [7, 11) is 0. The standard InChI is InChI=1S/C16H17N3O2S/c1-12-4-2-5-13(10-12)21-8-7-19-16(14(11-20)17-18-19)15-6-3-9-22-15/h2-6,9-10,20H,7-8,11H2,1H3. The molecule has 2 heterocycles. The summed E-state index contributed by atoms with van der Waals surface area (Å²) in [5.41, 5.74) is 2.63. The Morgan fingerprint density at radius 3 is 2.91 bits per heavy atom. The molecule has 3 rings (SSSR count). The number of hydrogen-bond acceptors (Lipinski definition) is 5. The summed E-state index contributed by atoms with van der Waals surface area (Å²) in [5, 5.41) is 19.6. The van der Waals surface area contributed by atoms with Crippen LogP contribution in [0.3, 0.4) is 0 Å². The molecule has 0 spiro atoms. The lowest BCUT2D eigenvalue weighted by atomic mass is 10.2. The summed E-state index contributed by atoms with van der Waals surface area (Å²) in [5.74, 6) is 0.847. The average molecular weight is 315 g/mol. The largest absolute Gasteiger partial charge is 0.492 e. The van der Waals surface area contributed by atoms with Crippen molar-refractivity contribution >= 4 is 11.3 Å². The van der Waals surface area contributed by atoms with Gasteiger partial charge in [-0.3, -0.25) is 0 Å². The van der Waals surface area contributed by atoms with Crippen LogP contribution in [0, 0.1) is 6.92 Å². The number of aryl methyl sites for hydroxylation is 1. The van der Waals surface area contributed by atoms with Gasteiger partial charge in [0.1, 0.15) is 23.7 Å². The van der Waals surface area contributed by atoms with Crippen molar-refractivity contribution in [1.29, 1.82) is 0 Å². The Morgan fingerprint density at radius 1 is 1.27 bits per heavy atom. The molecular weight excluding hydrogens is 298 g/mol. The van der Waals surface area contributed by atoms with Crippen LogP contribution in [-0.4, -0.2) is 26.7 Å². The minimum Gasteiger partial charge on any atom is -0.492 e. The number of aliphatic hydroxyl groups excluding tert-OH is 1. The van der Waals surface area contributed by atoms with Crippen LogP contribution in [0.5, 0.6) is 5.75 Å². The third kappa shape index (κ3) is 3.18. The van der Waals surface area contributed by atoms with Gasteiger partial charge in [-0.1, -0.05) is 23.4 Å². The monoisotopic (exact) mass is 315 g/mol. The van der Waals surface area contributed by atoms with Crippen molar-refractivity contribution in [3.63, 3.8) is 0 Å². The smallest absolute Gasteiger partial charge is 0.119 e. The van der Waals surface area contributed by atoms with Crippen LogP contribution in [0.25, 0.3) is 10.6 Å². The third-order valence-corrected chi connectivity index (χ3v) is 4.15. The molecule has 0 aliphatic carbocycles. The predicted octanol–water partition coefficient (Wildman–Crippen LogP) is 2.89. The Labute approximate surface area is 132 Å². The summed E-state index contributed by atoms with van der Waals surface area (Å²) in [6, 6.07) is 11.9. The molecule has 0 atom stereocenters. The quantitative estimate of drug-likeness (QED) is 0.760. The summed E-state index contributed by atoms with van der Waals surface area (Å²) in [6.07, 6.45) is 0. The molecule has 6 heteroatoms. The zero-order valence-corrected chi connectivity index (χ0v) is 13.1. The first-order chi connectivity index (χ1) is 10.8. The molecule has 0 bridgehead atoms. The van der Waals surface area contributed by atoms with Crippen LogP contribution < -0.4 is 4.74 Å². The number of benzene rings is 1. The molecule has 2 aromatic heterocycles. The maximum Gasteiger partial charge on any atom is 0.119 e. The molecule has 22 heavy (non-hydrogen) atoms. The van der Waals surface area contributed by atoms with Crippen molar-refractivity contribution in [3.8, 4) is 16.3 Å². The minimum absolute atomic E-state index is 0.119. The van der Waals surface area contributed by atoms with Crippen LogP contribution >= 0.6 is 11.3 Å². The molecular formula is C16H17N3O2S. The van der Waals surface area contributed by atoms with Crippen molar-refractivity contribution < 1.29 is 9.84 Å². The van der Waals surface area contributed by atoms with Gasteiger partial charge in [0.15, 0.2) is 0 Å². The van der Waals surface area contributed by atoms with E-state index < -0.39 is 0 Å². The maximum atomic E-state index is 9.42. The molecule has 0 saturated heterocycles. The zero-order chi connectivity index (χ0) is 15.4. The van der Waals surface area contributed by atoms with E-state index in [-0.39, 0.29) is 6.61 Å². The first kappa shape index (κ1) is 14.7. The Hall–Kier alpha value is -2.18. The second-order valence-electron chi connectivity index (χ2n) is 4.91. The topological polar surface area (TPSA) is 60.2 Å². The van der Waals surface area contributed by atoms with Crippen LogP contribution in [-0.2, 0) is 13.2 Å². The third-order valence-electron chi connectivity index (χ3n) is 3.27. The average Bonchev–Trinajstić information content (AvgIpc) is 3.15. The normalized spacial score (nSPS) is 10.8. The lowest BCUT2D eigenvalue weighted by molar-refractivity contribution is 0.277. The first-order valence-electron chi connectivity index (χ1n) is 7.04. The van der Waals surface area contributed by atoms with E-state index in [4.69, 9.17) is 4.74 Å². The molecule has 114 valence electrons. The number of thiophene rings is 1. The summed E-state index contributed by atoms with van der Waals surface area (Å²) < 4.78 is 7.54. The van der Waals surface area contributed by atoms with Crippen molar-refractivity contribution in [2.75, 3.05) is 6.61 Å². The van der Waals surface area contributed by atoms with Gasteiger partial charge in [-0.05, 0) is 36.1 Å². The fourth-order valence-electron chi connectivity index (χ4n) is 2.25. The number of hydrogen-bond donors (Lipinski definition) is 1. The Bertz CT molecular complexity index is 738. The number of aromatic nitrogens is 3. The molecule has 3 aromatic rings. The fourth-order valence-corrected chi connectivity index (χ4v) is 3.05. The SMILES string of the molecule is Cc1cccc(OCCn2nnc(CO)c2-c2cccs2)c1. The number of ether oxygens (including phenoxy) is 1. The van der Waals surface area contributed by atoms with E-state index in [2.05, 4.69) is 10.3 Å². The number of aliphatic hydroxyl groups is 1. The van der Waals surface area contributed by atoms with Crippen molar-refractivity contribution in [1.82, 2.24) is 15.0 Å². The lowest BCUT2D eigenvalue weighted by Gasteiger charge is -2.09. The maximum absolute atomic E-state index is 9.42. The molecule has 1 aromatic carbocycles. The van der Waals surface area contributed by atoms with Crippen LogP contribution in [0.2, 0.25) is 0 Å². The molecule has 1 N–H and O–H groups in total. The highest BCUT2D eigenvalue weighted by atomic mass is 32.1. The fraction of sp³-hybridized carbons (Fsp3) is 0.250. The lowest BCUT2D eigenvalue weighted by Crippen LogP contribution is -2.11. The first-order valence-corrected chi connectivity index (χ1v) is 7.92. The molecule has 5 nitrogen and oxygen atoms in total. The van der Waals surface area contributed by atoms with E-state index >= 15 is 0 Å². The molecule has 0 unspecified atom stereocenters. The van der Waals surface area contributed by atoms with Gasteiger partial charge in [0.2, 0.25) is 0 Å². The number of rotatable bonds is 6. The minimum atomic E-state index is -0.119. The van der Waals surface area contributed by atoms with Gasteiger partial charge in [0.25, 0.3) is 0 Å². The highest BCUT2D eigenvalue weighted by Crippen LogP contribution is 2.27. The van der Waals surface area contributed by atoms with E-state index in [1.165, 1.54) is 5.56 Å². The Balaban J connectivity index is 1.72. The predicted molar refractivity (Wildman–Crippen MR) is 85.9 cm³/mol. The van der Waals surface area contributed by atoms with Gasteiger partial charge < -0.3 is 9.84 Å². The number of nitrogens with zero attached hydrogens (tertiary/aromatic N) is 3. The van der Waals surface area contributed by atoms with E-state index in [9.17, 15) is 5.11 Å². The van der Waals surface area contributed by atoms with Crippen molar-refractivity contribution in [3.05, 3.63) is 53.0 Å². The van der Waals surface area contributed by atoms with Crippen LogP contribution in [0.4, 0.5) is 0 Å². The second kappa shape index (κ2) is 6.72. The van der Waals surface area contributed by atoms with Gasteiger partial charge in [0, 0.05) is 0 Å². The highest BCUT2D eigenvalue weighted by Gasteiger charge is 2.15. The van der Waals surface area contributed by atoms with Gasteiger partial charge in [-0.25, -0.2) is 4.68 Å². The molecule has 0 radical (unpaired) electrons. The highest BCUT2D eigenvalue weighted by molar-refractivity contribution is 7.13. The molecule has 0 fully saturated rings. The van der Waals surface area contributed by atoms with Crippen molar-refractivity contribution in [2.24, 2.45) is 0 Å². The van der Waals surface area contributed by atoms with Gasteiger partial charge in [-0.15, -0.1) is 16.4 Å². The molecule has 0 saturated carbocycles. The van der Waals surface area contributed by atoms with Gasteiger partial charge in [0.05, 0.1) is 18.0 Å². The Morgan fingerprint density at radius 2 is 2.18 bits per heavy atom. The van der Waals surface area contributed by atoms with Gasteiger partial charge in [-0.2, -0.15) is 0 Å². The molecule has 0 amide bonds. The van der Waals surface area contributed by atoms with Crippen LogP contribution in [0.1, 0.15) is 11.3 Å². The Kier molecular flexibility index (Phi) is 4.50.